The maximum atomic E-state index is 9.45. The van der Waals surface area contributed by atoms with Crippen LogP contribution in [0.2, 0.25) is 0 Å². The molecule has 1 aromatic heterocycles. The van der Waals surface area contributed by atoms with E-state index in [0.717, 1.165) is 31.2 Å². The molecule has 1 fully saturated rings. The molecule has 5 heteroatoms. The highest BCUT2D eigenvalue weighted by molar-refractivity contribution is 4.93. The number of aliphatic hydroxyl groups is 1. The van der Waals surface area contributed by atoms with Gasteiger partial charge in [-0.2, -0.15) is 0 Å². The second kappa shape index (κ2) is 5.60. The molecule has 1 unspecified atom stereocenters. The Bertz CT molecular complexity index is 363. The largest absolute Gasteiger partial charge is 0.395 e. The average molecular weight is 238 g/mol. The van der Waals surface area contributed by atoms with Crippen LogP contribution in [-0.4, -0.2) is 44.0 Å². The summed E-state index contributed by atoms with van der Waals surface area (Å²) < 4.78 is 2.03. The van der Waals surface area contributed by atoms with Crippen molar-refractivity contribution in [3.05, 3.63) is 11.6 Å². The minimum absolute atomic E-state index is 0.247. The van der Waals surface area contributed by atoms with E-state index in [1.807, 2.05) is 18.5 Å². The Hall–Kier alpha value is -0.940. The molecule has 0 amide bonds. The van der Waals surface area contributed by atoms with Crippen LogP contribution in [0.3, 0.4) is 0 Å². The third kappa shape index (κ3) is 2.84. The summed E-state index contributed by atoms with van der Waals surface area (Å²) in [5, 5.41) is 17.7. The number of aryl methyl sites for hydroxylation is 1. The zero-order valence-electron chi connectivity index (χ0n) is 10.8. The lowest BCUT2D eigenvalue weighted by molar-refractivity contribution is 0.115. The summed E-state index contributed by atoms with van der Waals surface area (Å²) >= 11 is 0. The van der Waals surface area contributed by atoms with E-state index in [2.05, 4.69) is 15.1 Å². The molecule has 96 valence electrons. The fraction of sp³-hybridized carbons (Fsp3) is 0.833. The Morgan fingerprint density at radius 3 is 2.76 bits per heavy atom. The van der Waals surface area contributed by atoms with Gasteiger partial charge >= 0.3 is 0 Å². The molecule has 0 aliphatic carbocycles. The van der Waals surface area contributed by atoms with Gasteiger partial charge < -0.3 is 9.67 Å². The molecule has 1 atom stereocenters. The van der Waals surface area contributed by atoms with E-state index >= 15 is 0 Å². The molecule has 0 saturated carbocycles. The van der Waals surface area contributed by atoms with Crippen molar-refractivity contribution in [2.45, 2.75) is 45.2 Å². The molecule has 1 aliphatic heterocycles. The van der Waals surface area contributed by atoms with Gasteiger partial charge in [-0.1, -0.05) is 12.8 Å². The highest BCUT2D eigenvalue weighted by atomic mass is 16.3. The van der Waals surface area contributed by atoms with E-state index in [-0.39, 0.29) is 12.6 Å². The van der Waals surface area contributed by atoms with E-state index < -0.39 is 0 Å². The first-order valence-electron chi connectivity index (χ1n) is 6.42. The standard InChI is InChI=1S/C12H22N4O/c1-10-13-14-12(15(10)2)8-16-7-5-3-4-6-11(16)9-17/h11,17H,3-9H2,1-2H3. The number of rotatable bonds is 3. The first-order valence-corrected chi connectivity index (χ1v) is 6.42. The third-order valence-corrected chi connectivity index (χ3v) is 3.74. The van der Waals surface area contributed by atoms with Crippen molar-refractivity contribution in [1.82, 2.24) is 19.7 Å². The summed E-state index contributed by atoms with van der Waals surface area (Å²) in [6, 6.07) is 0.287. The van der Waals surface area contributed by atoms with Crippen molar-refractivity contribution in [3.8, 4) is 0 Å². The lowest BCUT2D eigenvalue weighted by Gasteiger charge is -2.27. The molecule has 0 bridgehead atoms. The number of likely N-dealkylation sites (tertiary alicyclic amines) is 1. The van der Waals surface area contributed by atoms with E-state index in [9.17, 15) is 5.11 Å². The summed E-state index contributed by atoms with van der Waals surface area (Å²) in [5.74, 6) is 1.93. The van der Waals surface area contributed by atoms with Crippen molar-refractivity contribution in [1.29, 1.82) is 0 Å². The van der Waals surface area contributed by atoms with Crippen molar-refractivity contribution in [2.24, 2.45) is 7.05 Å². The summed E-state index contributed by atoms with van der Waals surface area (Å²) in [6.07, 6.45) is 4.80. The van der Waals surface area contributed by atoms with Crippen LogP contribution >= 0.6 is 0 Å². The summed E-state index contributed by atoms with van der Waals surface area (Å²) in [4.78, 5) is 2.34. The number of aromatic nitrogens is 3. The van der Waals surface area contributed by atoms with Crippen LogP contribution in [0.15, 0.2) is 0 Å². The van der Waals surface area contributed by atoms with E-state index in [1.165, 1.54) is 19.3 Å². The van der Waals surface area contributed by atoms with Crippen LogP contribution in [0.1, 0.15) is 37.3 Å². The third-order valence-electron chi connectivity index (χ3n) is 3.74. The highest BCUT2D eigenvalue weighted by Crippen LogP contribution is 2.18. The maximum Gasteiger partial charge on any atom is 0.146 e. The molecule has 0 radical (unpaired) electrons. The fourth-order valence-electron chi connectivity index (χ4n) is 2.42. The van der Waals surface area contributed by atoms with Gasteiger partial charge in [-0.05, 0) is 26.3 Å². The van der Waals surface area contributed by atoms with Crippen LogP contribution in [0.4, 0.5) is 0 Å². The zero-order valence-corrected chi connectivity index (χ0v) is 10.8. The molecule has 1 aliphatic rings. The van der Waals surface area contributed by atoms with E-state index in [0.29, 0.717) is 0 Å². The van der Waals surface area contributed by atoms with Crippen LogP contribution in [0, 0.1) is 6.92 Å². The van der Waals surface area contributed by atoms with Crippen LogP contribution in [-0.2, 0) is 13.6 Å². The number of nitrogens with zero attached hydrogens (tertiary/aromatic N) is 4. The monoisotopic (exact) mass is 238 g/mol. The van der Waals surface area contributed by atoms with E-state index in [1.54, 1.807) is 0 Å². The predicted octanol–water partition coefficient (Wildman–Crippen LogP) is 0.860. The SMILES string of the molecule is Cc1nnc(CN2CCCCCC2CO)n1C. The van der Waals surface area contributed by atoms with Gasteiger partial charge in [-0.3, -0.25) is 4.90 Å². The molecule has 0 aromatic carbocycles. The Labute approximate surface area is 102 Å². The first kappa shape index (κ1) is 12.5. The Kier molecular flexibility index (Phi) is 4.12. The van der Waals surface area contributed by atoms with Crippen molar-refractivity contribution < 1.29 is 5.11 Å². The molecule has 2 rings (SSSR count). The lowest BCUT2D eigenvalue weighted by Crippen LogP contribution is -2.37. The Balaban J connectivity index is 2.07. The number of hydrogen-bond acceptors (Lipinski definition) is 4. The fourth-order valence-corrected chi connectivity index (χ4v) is 2.42. The van der Waals surface area contributed by atoms with Gasteiger partial charge in [0.25, 0.3) is 0 Å². The van der Waals surface area contributed by atoms with Crippen LogP contribution < -0.4 is 0 Å². The number of hydrogen-bond donors (Lipinski definition) is 1. The van der Waals surface area contributed by atoms with Crippen molar-refractivity contribution >= 4 is 0 Å². The van der Waals surface area contributed by atoms with Gasteiger partial charge in [0.1, 0.15) is 11.6 Å². The topological polar surface area (TPSA) is 54.2 Å². The van der Waals surface area contributed by atoms with Gasteiger partial charge in [-0.25, -0.2) is 0 Å². The second-order valence-electron chi connectivity index (χ2n) is 4.88. The summed E-state index contributed by atoms with van der Waals surface area (Å²) in [6.45, 7) is 4.05. The average Bonchev–Trinajstić information content (AvgIpc) is 2.57. The zero-order chi connectivity index (χ0) is 12.3. The Morgan fingerprint density at radius 2 is 2.12 bits per heavy atom. The predicted molar refractivity (Wildman–Crippen MR) is 65.5 cm³/mol. The summed E-state index contributed by atoms with van der Waals surface area (Å²) in [5.41, 5.74) is 0. The molecular weight excluding hydrogens is 216 g/mol. The lowest BCUT2D eigenvalue weighted by atomic mass is 10.1. The second-order valence-corrected chi connectivity index (χ2v) is 4.88. The van der Waals surface area contributed by atoms with E-state index in [4.69, 9.17) is 0 Å². The molecule has 5 nitrogen and oxygen atoms in total. The number of aliphatic hydroxyl groups excluding tert-OH is 1. The van der Waals surface area contributed by atoms with Crippen LogP contribution in [0.5, 0.6) is 0 Å². The highest BCUT2D eigenvalue weighted by Gasteiger charge is 2.22. The smallest absolute Gasteiger partial charge is 0.146 e. The molecule has 1 aromatic rings. The molecule has 1 saturated heterocycles. The van der Waals surface area contributed by atoms with Crippen molar-refractivity contribution in [2.75, 3.05) is 13.2 Å². The molecule has 0 spiro atoms. The Morgan fingerprint density at radius 1 is 1.29 bits per heavy atom. The van der Waals surface area contributed by atoms with Crippen molar-refractivity contribution in [3.63, 3.8) is 0 Å². The molecule has 1 N–H and O–H groups in total. The summed E-state index contributed by atoms with van der Waals surface area (Å²) in [7, 11) is 2.00. The minimum atomic E-state index is 0.247. The van der Waals surface area contributed by atoms with Gasteiger partial charge in [-0.15, -0.1) is 10.2 Å². The quantitative estimate of drug-likeness (QED) is 0.848. The molecular formula is C12H22N4O. The normalized spacial score (nSPS) is 22.6. The van der Waals surface area contributed by atoms with Gasteiger partial charge in [0.2, 0.25) is 0 Å². The van der Waals surface area contributed by atoms with Crippen LogP contribution in [0.25, 0.3) is 0 Å². The van der Waals surface area contributed by atoms with Gasteiger partial charge in [0.15, 0.2) is 0 Å². The minimum Gasteiger partial charge on any atom is -0.395 e. The molecule has 17 heavy (non-hydrogen) atoms. The van der Waals surface area contributed by atoms with Gasteiger partial charge in [0, 0.05) is 13.1 Å². The van der Waals surface area contributed by atoms with Gasteiger partial charge in [0.05, 0.1) is 13.2 Å². The first-order chi connectivity index (χ1) is 8.22. The maximum absolute atomic E-state index is 9.45. The molecule has 2 heterocycles.